The Kier molecular flexibility index (Phi) is 6.72. The van der Waals surface area contributed by atoms with E-state index in [2.05, 4.69) is 25.4 Å². The van der Waals surface area contributed by atoms with Crippen molar-refractivity contribution in [3.8, 4) is 11.5 Å². The van der Waals surface area contributed by atoms with Crippen LogP contribution in [0.3, 0.4) is 0 Å². The molecule has 4 heterocycles. The molecule has 0 saturated carbocycles. The van der Waals surface area contributed by atoms with Gasteiger partial charge in [0.15, 0.2) is 11.2 Å². The number of hydrogen-bond donors (Lipinski definition) is 1. The highest BCUT2D eigenvalue weighted by Gasteiger charge is 2.25. The number of aromatic nitrogens is 6. The summed E-state index contributed by atoms with van der Waals surface area (Å²) in [5, 5.41) is 12.4. The Morgan fingerprint density at radius 3 is 2.50 bits per heavy atom. The van der Waals surface area contributed by atoms with E-state index < -0.39 is 11.2 Å². The molecule has 5 rings (SSSR count). The largest absolute Gasteiger partial charge is 0.419 e. The Hall–Kier alpha value is -2.86. The van der Waals surface area contributed by atoms with Gasteiger partial charge in [0.2, 0.25) is 17.7 Å². The zero-order valence-corrected chi connectivity index (χ0v) is 20.6. The van der Waals surface area contributed by atoms with Crippen LogP contribution in [0.25, 0.3) is 22.6 Å². The molecule has 1 aromatic carbocycles. The van der Waals surface area contributed by atoms with Crippen LogP contribution in [0.1, 0.15) is 5.89 Å². The monoisotopic (exact) mass is 526 g/mol. The second-order valence-electron chi connectivity index (χ2n) is 7.74. The molecular weight excluding hydrogens is 507 g/mol. The second-order valence-corrected chi connectivity index (χ2v) is 8.56. The van der Waals surface area contributed by atoms with E-state index in [0.29, 0.717) is 45.8 Å². The first-order chi connectivity index (χ1) is 15.8. The molecule has 0 unspecified atom stereocenters. The number of rotatable bonds is 4. The van der Waals surface area contributed by atoms with Gasteiger partial charge in [-0.3, -0.25) is 18.5 Å². The number of imidazole rings is 1. The third kappa shape index (κ3) is 4.09. The summed E-state index contributed by atoms with van der Waals surface area (Å²) in [4.78, 5) is 32.3. The highest BCUT2D eigenvalue weighted by atomic mass is 35.5. The van der Waals surface area contributed by atoms with Crippen molar-refractivity contribution in [2.45, 2.75) is 6.54 Å². The van der Waals surface area contributed by atoms with Gasteiger partial charge in [-0.25, -0.2) is 4.79 Å². The lowest BCUT2D eigenvalue weighted by Gasteiger charge is -2.28. The summed E-state index contributed by atoms with van der Waals surface area (Å²) in [6, 6.07) is 5.03. The van der Waals surface area contributed by atoms with Crippen molar-refractivity contribution < 1.29 is 4.42 Å². The van der Waals surface area contributed by atoms with Crippen LogP contribution in [0, 0.1) is 0 Å². The quantitative estimate of drug-likeness (QED) is 0.426. The SMILES string of the molecule is Cl.Cn1c(=O)c2c(nc(N3CCNCC3)n2Cc2nnc(-c3ccc(Cl)c(Cl)c3)o2)n(C)c1=O. The molecule has 0 bridgehead atoms. The zero-order valence-electron chi connectivity index (χ0n) is 18.3. The normalized spacial score (nSPS) is 13.9. The van der Waals surface area contributed by atoms with E-state index >= 15 is 0 Å². The molecule has 0 aliphatic carbocycles. The average Bonchev–Trinajstić information content (AvgIpc) is 3.44. The number of nitrogens with one attached hydrogen (secondary N) is 1. The third-order valence-corrected chi connectivity index (χ3v) is 6.39. The predicted molar refractivity (Wildman–Crippen MR) is 131 cm³/mol. The van der Waals surface area contributed by atoms with Gasteiger partial charge in [-0.15, -0.1) is 22.6 Å². The van der Waals surface area contributed by atoms with Crippen LogP contribution in [0.2, 0.25) is 10.0 Å². The van der Waals surface area contributed by atoms with E-state index in [9.17, 15) is 9.59 Å². The fraction of sp³-hybridized carbons (Fsp3) is 0.350. The summed E-state index contributed by atoms with van der Waals surface area (Å²) in [5.74, 6) is 1.12. The number of halogens is 3. The Balaban J connectivity index is 0.00000274. The first kappa shape index (κ1) is 24.3. The molecule has 34 heavy (non-hydrogen) atoms. The summed E-state index contributed by atoms with van der Waals surface area (Å²) in [6.45, 7) is 3.08. The minimum atomic E-state index is -0.441. The van der Waals surface area contributed by atoms with Gasteiger partial charge >= 0.3 is 5.69 Å². The fourth-order valence-corrected chi connectivity index (χ4v) is 4.19. The number of aryl methyl sites for hydroxylation is 1. The Morgan fingerprint density at radius 1 is 1.06 bits per heavy atom. The van der Waals surface area contributed by atoms with Crippen LogP contribution < -0.4 is 21.5 Å². The molecule has 0 radical (unpaired) electrons. The summed E-state index contributed by atoms with van der Waals surface area (Å²) in [5.41, 5.74) is 0.345. The smallest absolute Gasteiger partial charge is 0.332 e. The molecule has 1 aliphatic heterocycles. The van der Waals surface area contributed by atoms with Gasteiger partial charge < -0.3 is 14.6 Å². The van der Waals surface area contributed by atoms with Crippen LogP contribution >= 0.6 is 35.6 Å². The molecule has 1 N–H and O–H groups in total. The van der Waals surface area contributed by atoms with E-state index in [4.69, 9.17) is 27.6 Å². The highest BCUT2D eigenvalue weighted by molar-refractivity contribution is 6.42. The average molecular weight is 528 g/mol. The van der Waals surface area contributed by atoms with Gasteiger partial charge in [0, 0.05) is 45.8 Å². The molecule has 0 amide bonds. The Morgan fingerprint density at radius 2 is 1.79 bits per heavy atom. The Labute approximate surface area is 209 Å². The predicted octanol–water partition coefficient (Wildman–Crippen LogP) is 1.67. The minimum absolute atomic E-state index is 0. The van der Waals surface area contributed by atoms with E-state index in [-0.39, 0.29) is 30.7 Å². The van der Waals surface area contributed by atoms with Gasteiger partial charge in [0.1, 0.15) is 6.54 Å². The van der Waals surface area contributed by atoms with Crippen LogP contribution in [0.5, 0.6) is 0 Å². The topological polar surface area (TPSA) is 116 Å². The lowest BCUT2D eigenvalue weighted by Crippen LogP contribution is -2.44. The summed E-state index contributed by atoms with van der Waals surface area (Å²) < 4.78 is 10.0. The molecule has 0 spiro atoms. The number of nitrogens with zero attached hydrogens (tertiary/aromatic N) is 7. The number of benzene rings is 1. The first-order valence-electron chi connectivity index (χ1n) is 10.2. The van der Waals surface area contributed by atoms with Crippen LogP contribution in [-0.2, 0) is 20.6 Å². The lowest BCUT2D eigenvalue weighted by atomic mass is 10.2. The summed E-state index contributed by atoms with van der Waals surface area (Å²) >= 11 is 12.1. The van der Waals surface area contributed by atoms with Crippen molar-refractivity contribution in [3.05, 3.63) is 55.0 Å². The van der Waals surface area contributed by atoms with Crippen molar-refractivity contribution >= 4 is 52.7 Å². The van der Waals surface area contributed by atoms with Crippen molar-refractivity contribution in [1.82, 2.24) is 34.2 Å². The molecular formula is C20H21Cl3N8O3. The standard InChI is InChI=1S/C20H20Cl2N8O3.ClH/c1-27-16-15(18(31)28(2)20(27)32)30(19(24-16)29-7-5-23-6-8-29)10-14-25-26-17(33-14)11-3-4-12(21)13(22)9-11;/h3-4,9,23H,5-8,10H2,1-2H3;1H. The van der Waals surface area contributed by atoms with Gasteiger partial charge in [-0.1, -0.05) is 23.2 Å². The Bertz CT molecular complexity index is 1480. The first-order valence-corrected chi connectivity index (χ1v) is 11.0. The van der Waals surface area contributed by atoms with Gasteiger partial charge in [-0.05, 0) is 18.2 Å². The summed E-state index contributed by atoms with van der Waals surface area (Å²) in [7, 11) is 3.04. The molecule has 1 saturated heterocycles. The highest BCUT2D eigenvalue weighted by Crippen LogP contribution is 2.28. The molecule has 3 aromatic heterocycles. The molecule has 11 nitrogen and oxygen atoms in total. The molecule has 0 atom stereocenters. The van der Waals surface area contributed by atoms with Crippen molar-refractivity contribution in [2.75, 3.05) is 31.1 Å². The molecule has 1 aliphatic rings. The zero-order chi connectivity index (χ0) is 23.3. The number of fused-ring (bicyclic) bond motifs is 1. The van der Waals surface area contributed by atoms with E-state index in [1.165, 1.54) is 11.6 Å². The fourth-order valence-electron chi connectivity index (χ4n) is 3.89. The molecule has 14 heteroatoms. The molecule has 180 valence electrons. The van der Waals surface area contributed by atoms with Crippen molar-refractivity contribution in [1.29, 1.82) is 0 Å². The van der Waals surface area contributed by atoms with Gasteiger partial charge in [0.25, 0.3) is 5.56 Å². The van der Waals surface area contributed by atoms with E-state index in [0.717, 1.165) is 17.7 Å². The van der Waals surface area contributed by atoms with Crippen LogP contribution in [0.4, 0.5) is 5.95 Å². The maximum Gasteiger partial charge on any atom is 0.332 e. The van der Waals surface area contributed by atoms with E-state index in [1.807, 2.05) is 0 Å². The van der Waals surface area contributed by atoms with Crippen LogP contribution in [0.15, 0.2) is 32.2 Å². The minimum Gasteiger partial charge on any atom is -0.419 e. The van der Waals surface area contributed by atoms with Gasteiger partial charge in [-0.2, -0.15) is 4.98 Å². The van der Waals surface area contributed by atoms with E-state index in [1.54, 1.807) is 29.8 Å². The number of hydrogen-bond acceptors (Lipinski definition) is 8. The van der Waals surface area contributed by atoms with Crippen molar-refractivity contribution in [3.63, 3.8) is 0 Å². The second kappa shape index (κ2) is 9.41. The van der Waals surface area contributed by atoms with Gasteiger partial charge in [0.05, 0.1) is 10.0 Å². The molecule has 4 aromatic rings. The number of piperazine rings is 1. The maximum atomic E-state index is 13.1. The van der Waals surface area contributed by atoms with Crippen LogP contribution in [-0.4, -0.2) is 55.1 Å². The maximum absolute atomic E-state index is 13.1. The third-order valence-electron chi connectivity index (χ3n) is 5.65. The lowest BCUT2D eigenvalue weighted by molar-refractivity contribution is 0.487. The van der Waals surface area contributed by atoms with Crippen molar-refractivity contribution in [2.24, 2.45) is 14.1 Å². The molecule has 1 fully saturated rings. The number of anilines is 1. The summed E-state index contributed by atoms with van der Waals surface area (Å²) in [6.07, 6.45) is 0.